The van der Waals surface area contributed by atoms with Crippen molar-refractivity contribution in [2.75, 3.05) is 7.11 Å². The van der Waals surface area contributed by atoms with Crippen LogP contribution in [0.3, 0.4) is 0 Å². The van der Waals surface area contributed by atoms with Crippen LogP contribution in [0.2, 0.25) is 0 Å². The third-order valence-electron chi connectivity index (χ3n) is 7.68. The molecule has 0 bridgehead atoms. The molecule has 1 unspecified atom stereocenters. The highest BCUT2D eigenvalue weighted by Gasteiger charge is 2.32. The van der Waals surface area contributed by atoms with Crippen LogP contribution in [-0.4, -0.2) is 65.5 Å². The molecule has 12 heteroatoms. The van der Waals surface area contributed by atoms with Gasteiger partial charge in [0.15, 0.2) is 0 Å². The summed E-state index contributed by atoms with van der Waals surface area (Å²) in [5.74, 6) is -2.09. The maximum atomic E-state index is 14.7. The topological polar surface area (TPSA) is 173 Å². The number of hydrogen-bond acceptors (Lipinski definition) is 8. The summed E-state index contributed by atoms with van der Waals surface area (Å²) in [6.45, 7) is 14.1. The first-order chi connectivity index (χ1) is 23.0. The predicted octanol–water partition coefficient (Wildman–Crippen LogP) is 5.21. The molecule has 3 aromatic rings. The van der Waals surface area contributed by atoms with E-state index in [2.05, 4.69) is 22.3 Å². The fourth-order valence-corrected chi connectivity index (χ4v) is 5.25. The summed E-state index contributed by atoms with van der Waals surface area (Å²) in [5, 5.41) is 15.8. The molecule has 0 aliphatic rings. The van der Waals surface area contributed by atoms with Gasteiger partial charge in [0.2, 0.25) is 11.8 Å². The number of aliphatic imine (C=N–C) groups is 1. The highest BCUT2D eigenvalue weighted by Crippen LogP contribution is 2.24. The summed E-state index contributed by atoms with van der Waals surface area (Å²) in [6, 6.07) is 16.1. The molecule has 12 nitrogen and oxygen atoms in total. The molecule has 0 aliphatic heterocycles. The molecule has 3 amide bonds. The monoisotopic (exact) mass is 671 g/mol. The lowest BCUT2D eigenvalue weighted by molar-refractivity contribution is -0.136. The number of amides is 3. The highest BCUT2D eigenvalue weighted by molar-refractivity contribution is 5.93. The molecule has 0 fully saturated rings. The molecule has 5 N–H and O–H groups in total. The summed E-state index contributed by atoms with van der Waals surface area (Å²) in [6.07, 6.45) is 0.193. The van der Waals surface area contributed by atoms with E-state index in [-0.39, 0.29) is 24.3 Å². The number of nitrogens with one attached hydrogen (secondary N) is 2. The number of carbonyl (C=O) groups is 4. The third kappa shape index (κ3) is 10.4. The average molecular weight is 672 g/mol. The van der Waals surface area contributed by atoms with Crippen molar-refractivity contribution in [1.82, 2.24) is 15.5 Å². The van der Waals surface area contributed by atoms with E-state index >= 15 is 0 Å². The minimum atomic E-state index is -1.19. The number of primary amides is 1. The second-order valence-corrected chi connectivity index (χ2v) is 12.6. The van der Waals surface area contributed by atoms with Crippen molar-refractivity contribution in [3.05, 3.63) is 106 Å². The Morgan fingerprint density at radius 3 is 2.18 bits per heavy atom. The number of aromatic carboxylic acids is 1. The van der Waals surface area contributed by atoms with E-state index in [1.54, 1.807) is 65.9 Å². The number of nitrogens with zero attached hydrogens (tertiary/aromatic N) is 2. The minimum Gasteiger partial charge on any atom is -0.496 e. The number of benzene rings is 3. The number of carboxylic acids is 1. The van der Waals surface area contributed by atoms with Crippen LogP contribution in [0.15, 0.2) is 71.9 Å². The molecule has 3 rings (SSSR count). The standard InChI is InChI=1S/C37H45N5O7/c1-22-16-27(33(38)43)17-23(2)28(22)19-30(41-36(47)49-37(4,5)6)34(44)42(21-25-14-15-32(48-8)29(18-25)35(45)46)24(3)40-20-31(39-7)26-12-10-9-11-13-26/h9-18,20,24,30,40H,7,19,21H2,1-6,8H3,(H2,38,43)(H,41,47)(H,45,46)/b31-20-/t24?,30-/m0/s1. The Kier molecular flexibility index (Phi) is 12.7. The number of nitrogens with two attached hydrogens (primary N) is 1. The van der Waals surface area contributed by atoms with Gasteiger partial charge < -0.3 is 35.8 Å². The zero-order valence-corrected chi connectivity index (χ0v) is 29.0. The largest absolute Gasteiger partial charge is 0.496 e. The van der Waals surface area contributed by atoms with Gasteiger partial charge in [0, 0.05) is 30.3 Å². The molecule has 0 saturated carbocycles. The summed E-state index contributed by atoms with van der Waals surface area (Å²) in [4.78, 5) is 57.4. The van der Waals surface area contributed by atoms with Gasteiger partial charge in [0.1, 0.15) is 23.0 Å². The molecular weight excluding hydrogens is 626 g/mol. The zero-order valence-electron chi connectivity index (χ0n) is 29.0. The van der Waals surface area contributed by atoms with Crippen molar-refractivity contribution in [3.63, 3.8) is 0 Å². The first kappa shape index (κ1) is 37.8. The molecule has 49 heavy (non-hydrogen) atoms. The SMILES string of the molecule is C=N/C(=C\NC(C)N(Cc1ccc(OC)c(C(=O)O)c1)C(=O)[C@H](Cc1c(C)cc(C(N)=O)cc1C)NC(=O)OC(C)(C)C)c1ccccc1. The molecular formula is C37H45N5O7. The van der Waals surface area contributed by atoms with Gasteiger partial charge in [-0.05, 0) is 94.8 Å². The van der Waals surface area contributed by atoms with Gasteiger partial charge in [-0.3, -0.25) is 14.6 Å². The molecule has 0 aliphatic carbocycles. The lowest BCUT2D eigenvalue weighted by atomic mass is 9.93. The molecule has 0 heterocycles. The van der Waals surface area contributed by atoms with Crippen LogP contribution in [0.1, 0.15) is 76.2 Å². The lowest BCUT2D eigenvalue weighted by Crippen LogP contribution is -2.55. The number of carboxylic acid groups (broad SMARTS) is 1. The van der Waals surface area contributed by atoms with E-state index < -0.39 is 41.7 Å². The van der Waals surface area contributed by atoms with Gasteiger partial charge in [0.05, 0.1) is 19.0 Å². The third-order valence-corrected chi connectivity index (χ3v) is 7.68. The van der Waals surface area contributed by atoms with E-state index in [0.29, 0.717) is 28.0 Å². The van der Waals surface area contributed by atoms with Crippen molar-refractivity contribution in [1.29, 1.82) is 0 Å². The maximum Gasteiger partial charge on any atom is 0.408 e. The Labute approximate surface area is 287 Å². The van der Waals surface area contributed by atoms with Gasteiger partial charge in [-0.2, -0.15) is 0 Å². The summed E-state index contributed by atoms with van der Waals surface area (Å²) in [7, 11) is 1.38. The van der Waals surface area contributed by atoms with Crippen molar-refractivity contribution in [3.8, 4) is 5.75 Å². The minimum absolute atomic E-state index is 0.0433. The van der Waals surface area contributed by atoms with E-state index in [1.165, 1.54) is 24.1 Å². The molecule has 0 radical (unpaired) electrons. The first-order valence-corrected chi connectivity index (χ1v) is 15.6. The fourth-order valence-electron chi connectivity index (χ4n) is 5.25. The normalized spacial score (nSPS) is 12.7. The average Bonchev–Trinajstić information content (AvgIpc) is 3.03. The number of methoxy groups -OCH3 is 1. The molecule has 2 atom stereocenters. The number of ether oxygens (including phenoxy) is 2. The highest BCUT2D eigenvalue weighted by atomic mass is 16.6. The van der Waals surface area contributed by atoms with Crippen LogP contribution >= 0.6 is 0 Å². The van der Waals surface area contributed by atoms with E-state index in [4.69, 9.17) is 15.2 Å². The summed E-state index contributed by atoms with van der Waals surface area (Å²) >= 11 is 0. The molecule has 0 saturated heterocycles. The summed E-state index contributed by atoms with van der Waals surface area (Å²) in [5.41, 5.74) is 8.93. The van der Waals surface area contributed by atoms with Crippen LogP contribution in [0, 0.1) is 13.8 Å². The van der Waals surface area contributed by atoms with Crippen LogP contribution < -0.4 is 21.1 Å². The Morgan fingerprint density at radius 2 is 1.65 bits per heavy atom. The Balaban J connectivity index is 2.11. The van der Waals surface area contributed by atoms with Gasteiger partial charge in [-0.15, -0.1) is 0 Å². The second kappa shape index (κ2) is 16.4. The second-order valence-electron chi connectivity index (χ2n) is 12.6. The predicted molar refractivity (Wildman–Crippen MR) is 188 cm³/mol. The van der Waals surface area contributed by atoms with Crippen molar-refractivity contribution in [2.45, 2.75) is 72.3 Å². The number of carbonyl (C=O) groups excluding carboxylic acids is 3. The Bertz CT molecular complexity index is 1710. The number of alkyl carbamates (subject to hydrolysis) is 1. The lowest BCUT2D eigenvalue weighted by Gasteiger charge is -2.34. The van der Waals surface area contributed by atoms with Crippen molar-refractivity contribution in [2.24, 2.45) is 10.7 Å². The molecule has 0 spiro atoms. The summed E-state index contributed by atoms with van der Waals surface area (Å²) < 4.78 is 10.8. The fraction of sp³-hybridized carbons (Fsp3) is 0.324. The van der Waals surface area contributed by atoms with E-state index in [1.807, 2.05) is 30.3 Å². The first-order valence-electron chi connectivity index (χ1n) is 15.6. The number of hydrogen-bond donors (Lipinski definition) is 4. The van der Waals surface area contributed by atoms with Crippen LogP contribution in [-0.2, 0) is 22.5 Å². The van der Waals surface area contributed by atoms with Gasteiger partial charge >= 0.3 is 12.1 Å². The van der Waals surface area contributed by atoms with E-state index in [9.17, 15) is 24.3 Å². The van der Waals surface area contributed by atoms with Gasteiger partial charge in [0.25, 0.3) is 0 Å². The van der Waals surface area contributed by atoms with Crippen LogP contribution in [0.4, 0.5) is 4.79 Å². The number of aryl methyl sites for hydroxylation is 2. The number of rotatable bonds is 14. The smallest absolute Gasteiger partial charge is 0.408 e. The van der Waals surface area contributed by atoms with Crippen molar-refractivity contribution >= 4 is 36.3 Å². The zero-order chi connectivity index (χ0) is 36.5. The van der Waals surface area contributed by atoms with Gasteiger partial charge in [-0.25, -0.2) is 9.59 Å². The van der Waals surface area contributed by atoms with Gasteiger partial charge in [-0.1, -0.05) is 36.4 Å². The van der Waals surface area contributed by atoms with E-state index in [0.717, 1.165) is 11.1 Å². The molecule has 260 valence electrons. The van der Waals surface area contributed by atoms with Crippen LogP contribution in [0.25, 0.3) is 5.70 Å². The Morgan fingerprint density at radius 1 is 1.02 bits per heavy atom. The molecule has 0 aromatic heterocycles. The van der Waals surface area contributed by atoms with Crippen molar-refractivity contribution < 1.29 is 33.8 Å². The molecule has 3 aromatic carbocycles. The maximum absolute atomic E-state index is 14.7. The quantitative estimate of drug-likeness (QED) is 0.134. The van der Waals surface area contributed by atoms with Crippen LogP contribution in [0.5, 0.6) is 5.75 Å². The Hall–Kier alpha value is -5.65.